The number of rotatable bonds is 3. The van der Waals surface area contributed by atoms with E-state index in [0.29, 0.717) is 0 Å². The number of nitrogens with one attached hydrogen (secondary N) is 2. The topological polar surface area (TPSA) is 64.5 Å². The summed E-state index contributed by atoms with van der Waals surface area (Å²) in [5.74, 6) is -1.47. The Bertz CT molecular complexity index is 825. The fraction of sp³-hybridized carbons (Fsp3) is 0.0667. The smallest absolute Gasteiger partial charge is 0.132 e. The summed E-state index contributed by atoms with van der Waals surface area (Å²) in [6.07, 6.45) is 1.69. The van der Waals surface area contributed by atoms with Crippen molar-refractivity contribution in [3.8, 4) is 6.07 Å². The summed E-state index contributed by atoms with van der Waals surface area (Å²) in [5, 5.41) is 19.3. The Hall–Kier alpha value is -2.94. The fourth-order valence-electron chi connectivity index (χ4n) is 2.07. The Labute approximate surface area is 119 Å². The highest BCUT2D eigenvalue weighted by atomic mass is 19.1. The van der Waals surface area contributed by atoms with Crippen LogP contribution in [0.25, 0.3) is 10.9 Å². The van der Waals surface area contributed by atoms with Crippen LogP contribution in [0.2, 0.25) is 0 Å². The SMILES string of the molecule is N#Cc1cc(F)c(CNc2ccc3cn[nH]c3c2)c(F)c1. The molecule has 0 saturated carbocycles. The van der Waals surface area contributed by atoms with E-state index in [1.165, 1.54) is 0 Å². The van der Waals surface area contributed by atoms with Crippen molar-refractivity contribution in [2.75, 3.05) is 5.32 Å². The largest absolute Gasteiger partial charge is 0.381 e. The van der Waals surface area contributed by atoms with E-state index in [-0.39, 0.29) is 17.7 Å². The summed E-state index contributed by atoms with van der Waals surface area (Å²) < 4.78 is 27.5. The molecule has 0 amide bonds. The molecule has 3 aromatic rings. The molecule has 3 rings (SSSR count). The molecule has 0 aliphatic heterocycles. The van der Waals surface area contributed by atoms with Crippen LogP contribution in [0.3, 0.4) is 0 Å². The number of aromatic nitrogens is 2. The van der Waals surface area contributed by atoms with Gasteiger partial charge in [-0.3, -0.25) is 5.10 Å². The van der Waals surface area contributed by atoms with Gasteiger partial charge in [0.1, 0.15) is 11.6 Å². The van der Waals surface area contributed by atoms with Gasteiger partial charge in [-0.15, -0.1) is 0 Å². The summed E-state index contributed by atoms with van der Waals surface area (Å²) in [4.78, 5) is 0. The monoisotopic (exact) mass is 284 g/mol. The standard InChI is InChI=1S/C15H10F2N4/c16-13-3-9(6-18)4-14(17)12(13)8-19-11-2-1-10-7-20-21-15(10)5-11/h1-5,7,19H,8H2,(H,20,21). The van der Waals surface area contributed by atoms with E-state index < -0.39 is 11.6 Å². The number of hydrogen-bond donors (Lipinski definition) is 2. The highest BCUT2D eigenvalue weighted by Gasteiger charge is 2.11. The third-order valence-electron chi connectivity index (χ3n) is 3.18. The molecule has 21 heavy (non-hydrogen) atoms. The van der Waals surface area contributed by atoms with Gasteiger partial charge in [-0.05, 0) is 30.3 Å². The van der Waals surface area contributed by atoms with Crippen LogP contribution < -0.4 is 5.32 Å². The lowest BCUT2D eigenvalue weighted by molar-refractivity contribution is 0.559. The summed E-state index contributed by atoms with van der Waals surface area (Å²) in [6.45, 7) is -0.0109. The second-order valence-electron chi connectivity index (χ2n) is 4.56. The molecule has 0 aliphatic rings. The number of nitriles is 1. The van der Waals surface area contributed by atoms with E-state index in [1.54, 1.807) is 18.3 Å². The lowest BCUT2D eigenvalue weighted by Crippen LogP contribution is -2.05. The first-order chi connectivity index (χ1) is 10.2. The number of H-pyrrole nitrogens is 1. The Morgan fingerprint density at radius 1 is 1.19 bits per heavy atom. The van der Waals surface area contributed by atoms with Gasteiger partial charge in [-0.1, -0.05) is 0 Å². The molecule has 1 aromatic heterocycles. The van der Waals surface area contributed by atoms with Crippen LogP contribution in [-0.4, -0.2) is 10.2 Å². The zero-order valence-electron chi connectivity index (χ0n) is 10.8. The number of aromatic amines is 1. The van der Waals surface area contributed by atoms with Gasteiger partial charge < -0.3 is 5.32 Å². The van der Waals surface area contributed by atoms with Crippen molar-refractivity contribution < 1.29 is 8.78 Å². The molecule has 1 heterocycles. The first-order valence-electron chi connectivity index (χ1n) is 6.22. The number of halogens is 2. The molecule has 104 valence electrons. The van der Waals surface area contributed by atoms with E-state index >= 15 is 0 Å². The predicted octanol–water partition coefficient (Wildman–Crippen LogP) is 3.32. The Morgan fingerprint density at radius 3 is 2.67 bits per heavy atom. The molecular weight excluding hydrogens is 274 g/mol. The Kier molecular flexibility index (Phi) is 3.24. The van der Waals surface area contributed by atoms with Gasteiger partial charge in [0.25, 0.3) is 0 Å². The highest BCUT2D eigenvalue weighted by molar-refractivity contribution is 5.81. The molecule has 6 heteroatoms. The molecule has 4 nitrogen and oxygen atoms in total. The maximum atomic E-state index is 13.8. The number of nitrogens with zero attached hydrogens (tertiary/aromatic N) is 2. The van der Waals surface area contributed by atoms with Crippen molar-refractivity contribution in [2.24, 2.45) is 0 Å². The molecule has 2 N–H and O–H groups in total. The van der Waals surface area contributed by atoms with Gasteiger partial charge in [0.15, 0.2) is 0 Å². The van der Waals surface area contributed by atoms with Gasteiger partial charge in [0, 0.05) is 23.2 Å². The molecule has 0 atom stereocenters. The molecule has 0 aliphatic carbocycles. The molecule has 0 spiro atoms. The Morgan fingerprint density at radius 2 is 1.95 bits per heavy atom. The van der Waals surface area contributed by atoms with E-state index in [2.05, 4.69) is 15.5 Å². The number of hydrogen-bond acceptors (Lipinski definition) is 3. The zero-order chi connectivity index (χ0) is 14.8. The molecule has 0 radical (unpaired) electrons. The number of anilines is 1. The minimum absolute atomic E-state index is 0.0109. The Balaban J connectivity index is 1.83. The average Bonchev–Trinajstić information content (AvgIpc) is 2.93. The van der Waals surface area contributed by atoms with Gasteiger partial charge in [-0.2, -0.15) is 10.4 Å². The third-order valence-corrected chi connectivity index (χ3v) is 3.18. The quantitative estimate of drug-likeness (QED) is 0.775. The molecule has 0 unspecified atom stereocenters. The van der Waals surface area contributed by atoms with Gasteiger partial charge in [0.05, 0.1) is 23.3 Å². The molecule has 0 bridgehead atoms. The van der Waals surface area contributed by atoms with Crippen molar-refractivity contribution in [1.82, 2.24) is 10.2 Å². The zero-order valence-corrected chi connectivity index (χ0v) is 10.8. The normalized spacial score (nSPS) is 10.5. The third kappa shape index (κ3) is 2.54. The van der Waals surface area contributed by atoms with Crippen LogP contribution in [0.15, 0.2) is 36.5 Å². The van der Waals surface area contributed by atoms with Crippen LogP contribution in [0.4, 0.5) is 14.5 Å². The average molecular weight is 284 g/mol. The molecule has 2 aromatic carbocycles. The van der Waals surface area contributed by atoms with Crippen molar-refractivity contribution in [2.45, 2.75) is 6.54 Å². The lowest BCUT2D eigenvalue weighted by Gasteiger charge is -2.09. The molecule has 0 fully saturated rings. The van der Waals surface area contributed by atoms with Gasteiger partial charge in [-0.25, -0.2) is 8.78 Å². The van der Waals surface area contributed by atoms with Crippen molar-refractivity contribution >= 4 is 16.6 Å². The summed E-state index contributed by atoms with van der Waals surface area (Å²) in [7, 11) is 0. The van der Waals surface area contributed by atoms with Crippen LogP contribution in [0, 0.1) is 23.0 Å². The van der Waals surface area contributed by atoms with E-state index in [1.807, 2.05) is 12.1 Å². The summed E-state index contributed by atoms with van der Waals surface area (Å²) in [6, 6.07) is 9.23. The first kappa shape index (κ1) is 13.1. The van der Waals surface area contributed by atoms with Crippen molar-refractivity contribution in [3.05, 3.63) is 59.3 Å². The summed E-state index contributed by atoms with van der Waals surface area (Å²) in [5.41, 5.74) is 1.42. The second-order valence-corrected chi connectivity index (χ2v) is 4.56. The van der Waals surface area contributed by atoms with Gasteiger partial charge >= 0.3 is 0 Å². The van der Waals surface area contributed by atoms with Crippen LogP contribution >= 0.6 is 0 Å². The fourth-order valence-corrected chi connectivity index (χ4v) is 2.07. The lowest BCUT2D eigenvalue weighted by atomic mass is 10.1. The first-order valence-corrected chi connectivity index (χ1v) is 6.22. The maximum Gasteiger partial charge on any atom is 0.132 e. The van der Waals surface area contributed by atoms with Gasteiger partial charge in [0.2, 0.25) is 0 Å². The van der Waals surface area contributed by atoms with Crippen molar-refractivity contribution in [3.63, 3.8) is 0 Å². The van der Waals surface area contributed by atoms with Crippen LogP contribution in [0.1, 0.15) is 11.1 Å². The van der Waals surface area contributed by atoms with E-state index in [9.17, 15) is 8.78 Å². The van der Waals surface area contributed by atoms with E-state index in [0.717, 1.165) is 28.7 Å². The minimum Gasteiger partial charge on any atom is -0.381 e. The highest BCUT2D eigenvalue weighted by Crippen LogP contribution is 2.20. The minimum atomic E-state index is -0.735. The number of fused-ring (bicyclic) bond motifs is 1. The van der Waals surface area contributed by atoms with Crippen LogP contribution in [-0.2, 0) is 6.54 Å². The second kappa shape index (κ2) is 5.21. The van der Waals surface area contributed by atoms with E-state index in [4.69, 9.17) is 5.26 Å². The predicted molar refractivity (Wildman–Crippen MR) is 74.5 cm³/mol. The maximum absolute atomic E-state index is 13.8. The summed E-state index contributed by atoms with van der Waals surface area (Å²) >= 11 is 0. The molecule has 0 saturated heterocycles. The number of benzene rings is 2. The molecular formula is C15H10F2N4. The van der Waals surface area contributed by atoms with Crippen molar-refractivity contribution in [1.29, 1.82) is 5.26 Å². The van der Waals surface area contributed by atoms with Crippen LogP contribution in [0.5, 0.6) is 0 Å².